The number of aryl methyl sites for hydroxylation is 3. The maximum atomic E-state index is 12.3. The van der Waals surface area contributed by atoms with Gasteiger partial charge in [-0.05, 0) is 50.1 Å². The van der Waals surface area contributed by atoms with Gasteiger partial charge < -0.3 is 9.15 Å². The quantitative estimate of drug-likeness (QED) is 0.503. The molecular formula is C20H17ClO4. The van der Waals surface area contributed by atoms with E-state index in [0.29, 0.717) is 27.1 Å². The predicted molar refractivity (Wildman–Crippen MR) is 97.3 cm³/mol. The molecular weight excluding hydrogens is 340 g/mol. The van der Waals surface area contributed by atoms with Crippen molar-refractivity contribution in [2.75, 3.05) is 0 Å². The summed E-state index contributed by atoms with van der Waals surface area (Å²) in [6.45, 7) is 5.62. The third-order valence-electron chi connectivity index (χ3n) is 4.07. The van der Waals surface area contributed by atoms with E-state index in [0.717, 1.165) is 16.7 Å². The van der Waals surface area contributed by atoms with Crippen LogP contribution in [0.25, 0.3) is 11.0 Å². The van der Waals surface area contributed by atoms with E-state index in [1.165, 1.54) is 6.07 Å². The van der Waals surface area contributed by atoms with Gasteiger partial charge in [-0.3, -0.25) is 0 Å². The van der Waals surface area contributed by atoms with E-state index in [-0.39, 0.29) is 6.61 Å². The fourth-order valence-electron chi connectivity index (χ4n) is 2.73. The second-order valence-electron chi connectivity index (χ2n) is 6.08. The third-order valence-corrected chi connectivity index (χ3v) is 4.48. The summed E-state index contributed by atoms with van der Waals surface area (Å²) in [5, 5.41) is 1.21. The van der Waals surface area contributed by atoms with Crippen molar-refractivity contribution < 1.29 is 13.9 Å². The Labute approximate surface area is 150 Å². The fourth-order valence-corrected chi connectivity index (χ4v) is 2.90. The Balaban J connectivity index is 1.91. The Hall–Kier alpha value is -2.59. The van der Waals surface area contributed by atoms with Gasteiger partial charge in [-0.15, -0.1) is 0 Å². The van der Waals surface area contributed by atoms with Crippen molar-refractivity contribution >= 4 is 28.5 Å². The molecule has 25 heavy (non-hydrogen) atoms. The molecule has 4 nitrogen and oxygen atoms in total. The number of esters is 1. The average molecular weight is 357 g/mol. The predicted octanol–water partition coefficient (Wildman–Crippen LogP) is 4.73. The number of carbonyl (C=O) groups is 1. The average Bonchev–Trinajstić information content (AvgIpc) is 2.54. The highest BCUT2D eigenvalue weighted by molar-refractivity contribution is 6.32. The number of hydrogen-bond donors (Lipinski definition) is 0. The highest BCUT2D eigenvalue weighted by atomic mass is 35.5. The van der Waals surface area contributed by atoms with Crippen molar-refractivity contribution in [3.05, 3.63) is 79.7 Å². The third kappa shape index (κ3) is 3.59. The summed E-state index contributed by atoms with van der Waals surface area (Å²) in [4.78, 5) is 24.1. The van der Waals surface area contributed by atoms with Gasteiger partial charge in [-0.2, -0.15) is 0 Å². The van der Waals surface area contributed by atoms with Crippen LogP contribution in [0.4, 0.5) is 0 Å². The maximum Gasteiger partial charge on any atom is 0.338 e. The summed E-state index contributed by atoms with van der Waals surface area (Å²) < 4.78 is 10.6. The van der Waals surface area contributed by atoms with Gasteiger partial charge in [0.1, 0.15) is 12.2 Å². The Bertz CT molecular complexity index is 1030. The smallest absolute Gasteiger partial charge is 0.338 e. The molecule has 0 aliphatic carbocycles. The number of fused-ring (bicyclic) bond motifs is 1. The molecule has 1 aromatic heterocycles. The fraction of sp³-hybridized carbons (Fsp3) is 0.200. The Morgan fingerprint density at radius 2 is 1.84 bits per heavy atom. The number of carbonyl (C=O) groups excluding carboxylic acids is 1. The largest absolute Gasteiger partial charge is 0.457 e. The topological polar surface area (TPSA) is 56.5 Å². The highest BCUT2D eigenvalue weighted by Gasteiger charge is 2.13. The molecule has 0 atom stereocenters. The van der Waals surface area contributed by atoms with Gasteiger partial charge in [0.05, 0.1) is 5.56 Å². The number of ether oxygens (including phenoxy) is 1. The molecule has 0 aliphatic heterocycles. The molecule has 3 rings (SSSR count). The molecule has 0 N–H and O–H groups in total. The van der Waals surface area contributed by atoms with E-state index in [1.807, 2.05) is 32.9 Å². The SMILES string of the molecule is Cc1ccc(C(=O)OCc2cc(=O)oc3cc(C)c(Cl)cc23)c(C)c1. The van der Waals surface area contributed by atoms with E-state index in [4.69, 9.17) is 20.8 Å². The lowest BCUT2D eigenvalue weighted by Gasteiger charge is -2.10. The van der Waals surface area contributed by atoms with Crippen molar-refractivity contribution in [2.24, 2.45) is 0 Å². The van der Waals surface area contributed by atoms with Crippen molar-refractivity contribution in [3.63, 3.8) is 0 Å². The molecule has 0 unspecified atom stereocenters. The first kappa shape index (κ1) is 17.2. The molecule has 0 bridgehead atoms. The van der Waals surface area contributed by atoms with Crippen LogP contribution in [-0.2, 0) is 11.3 Å². The molecule has 128 valence electrons. The Morgan fingerprint density at radius 1 is 1.08 bits per heavy atom. The van der Waals surface area contributed by atoms with Crippen LogP contribution in [0, 0.1) is 20.8 Å². The molecule has 0 saturated carbocycles. The van der Waals surface area contributed by atoms with E-state index < -0.39 is 11.6 Å². The van der Waals surface area contributed by atoms with E-state index in [2.05, 4.69) is 0 Å². The normalized spacial score (nSPS) is 10.9. The van der Waals surface area contributed by atoms with Crippen LogP contribution in [0.15, 0.2) is 45.6 Å². The first-order valence-electron chi connectivity index (χ1n) is 7.82. The zero-order valence-corrected chi connectivity index (χ0v) is 14.9. The van der Waals surface area contributed by atoms with Crippen LogP contribution >= 0.6 is 11.6 Å². The van der Waals surface area contributed by atoms with E-state index in [9.17, 15) is 9.59 Å². The standard InChI is InChI=1S/C20H17ClO4/c1-11-4-5-15(12(2)6-11)20(23)24-10-14-8-19(22)25-18-7-13(3)17(21)9-16(14)18/h4-9H,10H2,1-3H3. The molecule has 5 heteroatoms. The van der Waals surface area contributed by atoms with Crippen LogP contribution in [0.5, 0.6) is 0 Å². The molecule has 0 radical (unpaired) electrons. The van der Waals surface area contributed by atoms with Crippen LogP contribution in [0.2, 0.25) is 5.02 Å². The van der Waals surface area contributed by atoms with Crippen LogP contribution in [0.3, 0.4) is 0 Å². The van der Waals surface area contributed by atoms with Crippen molar-refractivity contribution in [1.82, 2.24) is 0 Å². The first-order valence-corrected chi connectivity index (χ1v) is 8.20. The maximum absolute atomic E-state index is 12.3. The zero-order chi connectivity index (χ0) is 18.1. The van der Waals surface area contributed by atoms with Crippen molar-refractivity contribution in [3.8, 4) is 0 Å². The summed E-state index contributed by atoms with van der Waals surface area (Å²) in [7, 11) is 0. The number of rotatable bonds is 3. The van der Waals surface area contributed by atoms with E-state index in [1.54, 1.807) is 18.2 Å². The summed E-state index contributed by atoms with van der Waals surface area (Å²) in [5.74, 6) is -0.433. The van der Waals surface area contributed by atoms with Crippen LogP contribution in [0.1, 0.15) is 32.6 Å². The van der Waals surface area contributed by atoms with E-state index >= 15 is 0 Å². The molecule has 0 fully saturated rings. The van der Waals surface area contributed by atoms with Crippen molar-refractivity contribution in [1.29, 1.82) is 0 Å². The van der Waals surface area contributed by atoms with Gasteiger partial charge in [-0.25, -0.2) is 9.59 Å². The Kier molecular flexibility index (Phi) is 4.64. The number of halogens is 1. The molecule has 0 aliphatic rings. The summed E-state index contributed by atoms with van der Waals surface area (Å²) in [6.07, 6.45) is 0. The zero-order valence-electron chi connectivity index (χ0n) is 14.2. The molecule has 1 heterocycles. The minimum atomic E-state index is -0.494. The van der Waals surface area contributed by atoms with Gasteiger partial charge in [0.2, 0.25) is 0 Å². The second kappa shape index (κ2) is 6.73. The lowest BCUT2D eigenvalue weighted by atomic mass is 10.1. The summed E-state index contributed by atoms with van der Waals surface area (Å²) >= 11 is 6.17. The monoisotopic (exact) mass is 356 g/mol. The Morgan fingerprint density at radius 3 is 2.56 bits per heavy atom. The van der Waals surface area contributed by atoms with Gasteiger partial charge in [0.15, 0.2) is 0 Å². The second-order valence-corrected chi connectivity index (χ2v) is 6.49. The minimum Gasteiger partial charge on any atom is -0.457 e. The van der Waals surface area contributed by atoms with Crippen LogP contribution in [-0.4, -0.2) is 5.97 Å². The number of benzene rings is 2. The van der Waals surface area contributed by atoms with Gasteiger partial charge in [-0.1, -0.05) is 29.3 Å². The van der Waals surface area contributed by atoms with Crippen LogP contribution < -0.4 is 5.63 Å². The van der Waals surface area contributed by atoms with Gasteiger partial charge in [0, 0.05) is 22.0 Å². The lowest BCUT2D eigenvalue weighted by Crippen LogP contribution is -2.09. The molecule has 0 amide bonds. The van der Waals surface area contributed by atoms with Crippen molar-refractivity contribution in [2.45, 2.75) is 27.4 Å². The molecule has 0 saturated heterocycles. The first-order chi connectivity index (χ1) is 11.8. The minimum absolute atomic E-state index is 0.0341. The molecule has 0 spiro atoms. The van der Waals surface area contributed by atoms with Gasteiger partial charge >= 0.3 is 11.6 Å². The summed E-state index contributed by atoms with van der Waals surface area (Å²) in [5.41, 5.74) is 3.73. The molecule has 3 aromatic rings. The van der Waals surface area contributed by atoms with Gasteiger partial charge in [0.25, 0.3) is 0 Å². The summed E-state index contributed by atoms with van der Waals surface area (Å²) in [6, 6.07) is 10.3. The lowest BCUT2D eigenvalue weighted by molar-refractivity contribution is 0.0473. The molecule has 2 aromatic carbocycles. The highest BCUT2D eigenvalue weighted by Crippen LogP contribution is 2.25. The number of hydrogen-bond acceptors (Lipinski definition) is 4.